The number of rotatable bonds is 8. The van der Waals surface area contributed by atoms with Gasteiger partial charge in [0.25, 0.3) is 5.91 Å². The lowest BCUT2D eigenvalue weighted by Crippen LogP contribution is -2.58. The van der Waals surface area contributed by atoms with Crippen molar-refractivity contribution < 1.29 is 32.3 Å². The molecule has 3 aromatic rings. The number of sulfonamides is 1. The van der Waals surface area contributed by atoms with Gasteiger partial charge in [-0.15, -0.1) is 11.3 Å². The minimum Gasteiger partial charge on any atom is -0.496 e. The van der Waals surface area contributed by atoms with Crippen LogP contribution in [0.1, 0.15) is 88.8 Å². The number of carbonyl (C=O) groups is 3. The van der Waals surface area contributed by atoms with Crippen LogP contribution in [0.5, 0.6) is 11.5 Å². The Morgan fingerprint density at radius 3 is 2.62 bits per heavy atom. The number of carbonyl (C=O) groups excluding carboxylic acids is 3. The molecule has 12 nitrogen and oxygen atoms in total. The van der Waals surface area contributed by atoms with Crippen molar-refractivity contribution in [2.45, 2.75) is 101 Å². The zero-order valence-corrected chi connectivity index (χ0v) is 32.0. The van der Waals surface area contributed by atoms with Crippen molar-refractivity contribution in [1.29, 1.82) is 0 Å². The summed E-state index contributed by atoms with van der Waals surface area (Å²) in [5, 5.41) is 5.91. The minimum atomic E-state index is -3.85. The van der Waals surface area contributed by atoms with Crippen LogP contribution in [0, 0.1) is 18.3 Å². The number of ether oxygens (including phenoxy) is 2. The molecular formula is C38H47N5O7S2. The van der Waals surface area contributed by atoms with Crippen molar-refractivity contribution in [2.75, 3.05) is 20.7 Å². The molecule has 4 atom stereocenters. The highest BCUT2D eigenvalue weighted by Crippen LogP contribution is 2.49. The molecule has 4 aliphatic rings. The number of thiazole rings is 1. The maximum Gasteiger partial charge on any atom is 0.259 e. The summed E-state index contributed by atoms with van der Waals surface area (Å²) in [4.78, 5) is 54.1. The summed E-state index contributed by atoms with van der Waals surface area (Å²) in [5.74, 6) is -0.522. The summed E-state index contributed by atoms with van der Waals surface area (Å²) < 4.78 is 40.3. The fraction of sp³-hybridized carbons (Fsp3) is 0.553. The van der Waals surface area contributed by atoms with E-state index in [4.69, 9.17) is 19.4 Å². The van der Waals surface area contributed by atoms with Gasteiger partial charge in [-0.25, -0.2) is 18.4 Å². The Morgan fingerprint density at radius 1 is 1.12 bits per heavy atom. The number of nitrogens with zero attached hydrogens (tertiary/aromatic N) is 3. The minimum absolute atomic E-state index is 0.0869. The number of hydrogen-bond donors (Lipinski definition) is 2. The van der Waals surface area contributed by atoms with E-state index in [0.717, 1.165) is 40.9 Å². The van der Waals surface area contributed by atoms with E-state index < -0.39 is 44.1 Å². The predicted molar refractivity (Wildman–Crippen MR) is 199 cm³/mol. The van der Waals surface area contributed by atoms with E-state index in [1.807, 2.05) is 42.7 Å². The largest absolute Gasteiger partial charge is 0.496 e. The number of methoxy groups -OCH3 is 1. The Kier molecular flexibility index (Phi) is 9.60. The Hall–Kier alpha value is -4.04. The summed E-state index contributed by atoms with van der Waals surface area (Å²) in [7, 11) is -0.520. The lowest BCUT2D eigenvalue weighted by molar-refractivity contribution is -0.151. The summed E-state index contributed by atoms with van der Waals surface area (Å²) in [5.41, 5.74) is 0.214. The second kappa shape index (κ2) is 13.7. The molecule has 14 heteroatoms. The highest BCUT2D eigenvalue weighted by atomic mass is 32.2. The molecule has 0 unspecified atom stereocenters. The van der Waals surface area contributed by atoms with Crippen molar-refractivity contribution in [3.63, 3.8) is 0 Å². The van der Waals surface area contributed by atoms with Crippen LogP contribution in [-0.4, -0.2) is 78.6 Å². The molecular weight excluding hydrogens is 703 g/mol. The van der Waals surface area contributed by atoms with E-state index in [-0.39, 0.29) is 37.0 Å². The van der Waals surface area contributed by atoms with E-state index in [1.165, 1.54) is 11.3 Å². The van der Waals surface area contributed by atoms with Gasteiger partial charge in [0.15, 0.2) is 0 Å². The molecule has 3 aliphatic carbocycles. The van der Waals surface area contributed by atoms with E-state index in [2.05, 4.69) is 23.9 Å². The van der Waals surface area contributed by atoms with Crippen LogP contribution in [-0.2, 0) is 24.4 Å². The normalized spacial score (nSPS) is 27.4. The van der Waals surface area contributed by atoms with Crippen LogP contribution in [0.25, 0.3) is 21.6 Å². The van der Waals surface area contributed by atoms with Gasteiger partial charge in [0, 0.05) is 48.3 Å². The van der Waals surface area contributed by atoms with Gasteiger partial charge in [0.2, 0.25) is 21.8 Å². The van der Waals surface area contributed by atoms with E-state index in [0.29, 0.717) is 48.5 Å². The van der Waals surface area contributed by atoms with Crippen LogP contribution >= 0.6 is 11.3 Å². The third-order valence-corrected chi connectivity index (χ3v) is 13.8. The first-order chi connectivity index (χ1) is 24.8. The molecule has 1 aliphatic heterocycles. The fourth-order valence-corrected chi connectivity index (χ4v) is 9.88. The maximum absolute atomic E-state index is 14.6. The van der Waals surface area contributed by atoms with Gasteiger partial charge in [-0.2, -0.15) is 0 Å². The number of pyridine rings is 1. The number of amides is 3. The Morgan fingerprint density at radius 2 is 1.90 bits per heavy atom. The summed E-state index contributed by atoms with van der Waals surface area (Å²) in [6.45, 7) is 6.61. The van der Waals surface area contributed by atoms with Crippen molar-refractivity contribution in [3.05, 3.63) is 47.0 Å². The number of hydrogen-bond acceptors (Lipinski definition) is 10. The van der Waals surface area contributed by atoms with Gasteiger partial charge in [-0.05, 0) is 76.3 Å². The molecule has 52 heavy (non-hydrogen) atoms. The van der Waals surface area contributed by atoms with Gasteiger partial charge in [-0.3, -0.25) is 19.1 Å². The van der Waals surface area contributed by atoms with Gasteiger partial charge in [0.1, 0.15) is 39.3 Å². The van der Waals surface area contributed by atoms with Gasteiger partial charge in [0.05, 0.1) is 23.6 Å². The second-order valence-electron chi connectivity index (χ2n) is 15.2. The molecule has 2 aromatic heterocycles. The quantitative estimate of drug-likeness (QED) is 0.228. The van der Waals surface area contributed by atoms with Crippen LogP contribution in [0.3, 0.4) is 0 Å². The number of aryl methyl sites for hydroxylation is 1. The molecule has 0 saturated heterocycles. The zero-order chi connectivity index (χ0) is 37.0. The first kappa shape index (κ1) is 36.3. The Balaban J connectivity index is 1.22. The molecule has 278 valence electrons. The van der Waals surface area contributed by atoms with Crippen LogP contribution < -0.4 is 19.5 Å². The number of aromatic nitrogens is 2. The first-order valence-corrected chi connectivity index (χ1v) is 20.6. The third kappa shape index (κ3) is 6.68. The average molecular weight is 750 g/mol. The SMILES string of the molecule is COc1ccc2c(O[C@H]3CC[C@@]4(C3)C(=O)N[C@]3(C(=O)NS(=O)(=O)C5CC5)C[C@@H]3/C=C\CCCCN(C)C4=O)cc(-c3nc(C(C)C)cs3)nc2c1C. The zero-order valence-electron chi connectivity index (χ0n) is 30.4. The first-order valence-electron chi connectivity index (χ1n) is 18.2. The van der Waals surface area contributed by atoms with E-state index in [9.17, 15) is 22.8 Å². The average Bonchev–Trinajstić information content (AvgIpc) is 3.98. The fourth-order valence-electron chi connectivity index (χ4n) is 7.58. The van der Waals surface area contributed by atoms with Crippen molar-refractivity contribution in [1.82, 2.24) is 24.9 Å². The van der Waals surface area contributed by atoms with Gasteiger partial charge in [-0.1, -0.05) is 26.0 Å². The van der Waals surface area contributed by atoms with Crippen molar-refractivity contribution in [2.24, 2.45) is 11.3 Å². The summed E-state index contributed by atoms with van der Waals surface area (Å²) in [6, 6.07) is 5.66. The molecule has 0 bridgehead atoms. The molecule has 3 saturated carbocycles. The topological polar surface area (TPSA) is 157 Å². The Labute approximate surface area is 308 Å². The van der Waals surface area contributed by atoms with Crippen LogP contribution in [0.15, 0.2) is 35.7 Å². The number of nitrogens with one attached hydrogen (secondary N) is 2. The van der Waals surface area contributed by atoms with Crippen LogP contribution in [0.2, 0.25) is 0 Å². The van der Waals surface area contributed by atoms with E-state index in [1.54, 1.807) is 19.1 Å². The monoisotopic (exact) mass is 749 g/mol. The lowest BCUT2D eigenvalue weighted by atomic mass is 9.82. The highest BCUT2D eigenvalue weighted by Gasteiger charge is 2.64. The molecule has 0 radical (unpaired) electrons. The van der Waals surface area contributed by atoms with Crippen LogP contribution in [0.4, 0.5) is 0 Å². The number of benzene rings is 1. The smallest absolute Gasteiger partial charge is 0.259 e. The lowest BCUT2D eigenvalue weighted by Gasteiger charge is -2.33. The molecule has 1 spiro atoms. The summed E-state index contributed by atoms with van der Waals surface area (Å²) in [6.07, 6.45) is 7.66. The third-order valence-electron chi connectivity index (χ3n) is 11.1. The molecule has 1 aromatic carbocycles. The molecule has 3 fully saturated rings. The second-order valence-corrected chi connectivity index (χ2v) is 18.0. The highest BCUT2D eigenvalue weighted by molar-refractivity contribution is 7.91. The standard InChI is InChI=1S/C38H47N5O7S2/c1-22(2)29-21-51-33(40-29)28-18-31(27-13-14-30(49-5)23(3)32(27)39-28)50-25-15-16-37(20-25)34(44)41-38(35(45)42-52(47,48)26-11-12-26)19-24(38)10-8-6-7-9-17-43(4)36(37)46/h8,10,13-14,18,21-22,24-26H,6-7,9,11-12,15-17,19-20H2,1-5H3,(H,41,44)(H,42,45)/b10-8-/t24-,25-,37+,38+/m0/s1. The maximum atomic E-state index is 14.6. The van der Waals surface area contributed by atoms with E-state index >= 15 is 0 Å². The molecule has 2 N–H and O–H groups in total. The molecule has 3 heterocycles. The molecule has 7 rings (SSSR count). The van der Waals surface area contributed by atoms with Gasteiger partial charge < -0.3 is 19.7 Å². The Bertz CT molecular complexity index is 2060. The number of allylic oxidation sites excluding steroid dienone is 1. The summed E-state index contributed by atoms with van der Waals surface area (Å²) >= 11 is 1.51. The van der Waals surface area contributed by atoms with Crippen molar-refractivity contribution in [3.8, 4) is 22.2 Å². The predicted octanol–water partition coefficient (Wildman–Crippen LogP) is 5.40. The molecule has 3 amide bonds. The van der Waals surface area contributed by atoms with Gasteiger partial charge >= 0.3 is 0 Å². The van der Waals surface area contributed by atoms with Crippen molar-refractivity contribution >= 4 is 50.0 Å². The number of fused-ring (bicyclic) bond motifs is 2.